The van der Waals surface area contributed by atoms with Crippen molar-refractivity contribution in [2.45, 2.75) is 42.9 Å². The summed E-state index contributed by atoms with van der Waals surface area (Å²) in [6.07, 6.45) is 1.85. The normalized spacial score (nSPS) is 16.9. The topological polar surface area (TPSA) is 89.3 Å². The van der Waals surface area contributed by atoms with Crippen LogP contribution in [-0.2, 0) is 14.6 Å². The number of rotatable bonds is 4. The summed E-state index contributed by atoms with van der Waals surface area (Å²) in [5.41, 5.74) is 6.63. The number of benzene rings is 1. The van der Waals surface area contributed by atoms with E-state index < -0.39 is 21.0 Å². The third-order valence-corrected chi connectivity index (χ3v) is 5.59. The molecule has 1 aromatic rings. The first-order chi connectivity index (χ1) is 8.84. The molecule has 0 heterocycles. The second kappa shape index (κ2) is 4.85. The van der Waals surface area contributed by atoms with Crippen molar-refractivity contribution in [1.82, 2.24) is 5.32 Å². The number of hydrogen-bond acceptors (Lipinski definition) is 4. The van der Waals surface area contributed by atoms with Crippen LogP contribution in [-0.4, -0.2) is 25.6 Å². The smallest absolute Gasteiger partial charge is 0.238 e. The van der Waals surface area contributed by atoms with E-state index in [1.54, 1.807) is 19.1 Å². The van der Waals surface area contributed by atoms with Gasteiger partial charge >= 0.3 is 0 Å². The summed E-state index contributed by atoms with van der Waals surface area (Å²) in [7, 11) is -3.70. The Morgan fingerprint density at radius 3 is 2.63 bits per heavy atom. The molecule has 5 nitrogen and oxygen atoms in total. The molecule has 1 fully saturated rings. The molecular weight excluding hydrogens is 264 g/mol. The highest BCUT2D eigenvalue weighted by molar-refractivity contribution is 7.92. The number of amides is 1. The number of carbonyl (C=O) groups excluding carboxylic acids is 1. The van der Waals surface area contributed by atoms with Crippen LogP contribution in [0.2, 0.25) is 0 Å². The molecule has 1 amide bonds. The maximum absolute atomic E-state index is 12.4. The fourth-order valence-corrected chi connectivity index (χ4v) is 3.36. The molecule has 6 heteroatoms. The molecular formula is C13H18N2O3S. The van der Waals surface area contributed by atoms with Gasteiger partial charge in [-0.05, 0) is 44.4 Å². The highest BCUT2D eigenvalue weighted by Gasteiger charge is 2.34. The Kier molecular flexibility index (Phi) is 3.54. The van der Waals surface area contributed by atoms with E-state index in [9.17, 15) is 13.2 Å². The molecule has 2 rings (SSSR count). The van der Waals surface area contributed by atoms with Crippen LogP contribution in [0.4, 0.5) is 5.69 Å². The van der Waals surface area contributed by atoms with Gasteiger partial charge in [0.15, 0.2) is 9.84 Å². The van der Waals surface area contributed by atoms with E-state index >= 15 is 0 Å². The first-order valence-corrected chi connectivity index (χ1v) is 7.78. The minimum absolute atomic E-state index is 0.131. The summed E-state index contributed by atoms with van der Waals surface area (Å²) >= 11 is 0. The quantitative estimate of drug-likeness (QED) is 0.807. The molecule has 0 radical (unpaired) electrons. The van der Waals surface area contributed by atoms with E-state index in [0.29, 0.717) is 11.3 Å². The summed E-state index contributed by atoms with van der Waals surface area (Å²) in [5.74, 6) is -0.440. The molecule has 1 aliphatic rings. The van der Waals surface area contributed by atoms with Crippen LogP contribution in [0.15, 0.2) is 23.1 Å². The van der Waals surface area contributed by atoms with Gasteiger partial charge in [-0.2, -0.15) is 0 Å². The van der Waals surface area contributed by atoms with Crippen LogP contribution in [0.1, 0.15) is 25.3 Å². The van der Waals surface area contributed by atoms with Crippen LogP contribution in [0, 0.1) is 6.92 Å². The van der Waals surface area contributed by atoms with Crippen molar-refractivity contribution in [2.75, 3.05) is 5.73 Å². The zero-order valence-corrected chi connectivity index (χ0v) is 11.8. The van der Waals surface area contributed by atoms with Gasteiger partial charge in [0.05, 0.1) is 4.90 Å². The Morgan fingerprint density at radius 1 is 1.42 bits per heavy atom. The highest BCUT2D eigenvalue weighted by atomic mass is 32.2. The largest absolute Gasteiger partial charge is 0.398 e. The van der Waals surface area contributed by atoms with E-state index in [1.165, 1.54) is 13.0 Å². The second-order valence-corrected chi connectivity index (χ2v) is 7.18. The van der Waals surface area contributed by atoms with Crippen LogP contribution in [0.5, 0.6) is 0 Å². The molecule has 1 unspecified atom stereocenters. The van der Waals surface area contributed by atoms with Crippen LogP contribution in [0.3, 0.4) is 0 Å². The Morgan fingerprint density at radius 2 is 2.05 bits per heavy atom. The van der Waals surface area contributed by atoms with Crippen LogP contribution < -0.4 is 11.1 Å². The number of nitrogens with two attached hydrogens (primary N) is 1. The molecule has 0 aliphatic heterocycles. The van der Waals surface area contributed by atoms with Crippen LogP contribution >= 0.6 is 0 Å². The summed E-state index contributed by atoms with van der Waals surface area (Å²) < 4.78 is 24.9. The van der Waals surface area contributed by atoms with Crippen molar-refractivity contribution in [2.24, 2.45) is 0 Å². The summed E-state index contributed by atoms with van der Waals surface area (Å²) in [6.45, 7) is 3.06. The second-order valence-electron chi connectivity index (χ2n) is 4.94. The third-order valence-electron chi connectivity index (χ3n) is 3.39. The molecule has 104 valence electrons. The van der Waals surface area contributed by atoms with Crippen molar-refractivity contribution >= 4 is 21.4 Å². The SMILES string of the molecule is Cc1c(N)cccc1S(=O)(=O)C(C)C(=O)NC1CC1. The lowest BCUT2D eigenvalue weighted by Gasteiger charge is -2.15. The zero-order chi connectivity index (χ0) is 14.2. The summed E-state index contributed by atoms with van der Waals surface area (Å²) in [5, 5.41) is 1.61. The predicted molar refractivity (Wildman–Crippen MR) is 73.4 cm³/mol. The number of hydrogen-bond donors (Lipinski definition) is 2. The van der Waals surface area contributed by atoms with Crippen molar-refractivity contribution in [1.29, 1.82) is 0 Å². The van der Waals surface area contributed by atoms with E-state index in [1.807, 2.05) is 0 Å². The molecule has 1 aliphatic carbocycles. The standard InChI is InChI=1S/C13H18N2O3S/c1-8-11(14)4-3-5-12(8)19(17,18)9(2)13(16)15-10-6-7-10/h3-5,9-10H,6-7,14H2,1-2H3,(H,15,16). The molecule has 0 bridgehead atoms. The number of anilines is 1. The van der Waals surface area contributed by atoms with Gasteiger partial charge in [-0.25, -0.2) is 8.42 Å². The van der Waals surface area contributed by atoms with Gasteiger partial charge in [-0.15, -0.1) is 0 Å². The lowest BCUT2D eigenvalue weighted by Crippen LogP contribution is -2.39. The average Bonchev–Trinajstić information content (AvgIpc) is 3.15. The lowest BCUT2D eigenvalue weighted by molar-refractivity contribution is -0.120. The van der Waals surface area contributed by atoms with Gasteiger partial charge in [-0.3, -0.25) is 4.79 Å². The van der Waals surface area contributed by atoms with Crippen molar-refractivity contribution in [3.8, 4) is 0 Å². The van der Waals surface area contributed by atoms with Gasteiger partial charge in [0.2, 0.25) is 5.91 Å². The molecule has 1 atom stereocenters. The Bertz CT molecular complexity index is 606. The fraction of sp³-hybridized carbons (Fsp3) is 0.462. The zero-order valence-electron chi connectivity index (χ0n) is 11.0. The predicted octanol–water partition coefficient (Wildman–Crippen LogP) is 1.02. The molecule has 1 aromatic carbocycles. The van der Waals surface area contributed by atoms with E-state index in [4.69, 9.17) is 5.73 Å². The first-order valence-electron chi connectivity index (χ1n) is 6.23. The van der Waals surface area contributed by atoms with Crippen molar-refractivity contribution < 1.29 is 13.2 Å². The molecule has 0 spiro atoms. The number of nitrogen functional groups attached to an aromatic ring is 1. The van der Waals surface area contributed by atoms with E-state index in [2.05, 4.69) is 5.32 Å². The van der Waals surface area contributed by atoms with E-state index in [-0.39, 0.29) is 10.9 Å². The molecule has 0 saturated heterocycles. The minimum Gasteiger partial charge on any atom is -0.398 e. The third kappa shape index (κ3) is 2.73. The first kappa shape index (κ1) is 13.9. The van der Waals surface area contributed by atoms with Crippen molar-refractivity contribution in [3.63, 3.8) is 0 Å². The Labute approximate surface area is 113 Å². The molecule has 19 heavy (non-hydrogen) atoms. The summed E-state index contributed by atoms with van der Waals surface area (Å²) in [6, 6.07) is 4.86. The molecule has 1 saturated carbocycles. The van der Waals surface area contributed by atoms with Crippen molar-refractivity contribution in [3.05, 3.63) is 23.8 Å². The number of carbonyl (C=O) groups is 1. The fourth-order valence-electron chi connectivity index (χ4n) is 1.82. The monoisotopic (exact) mass is 282 g/mol. The number of sulfone groups is 1. The Hall–Kier alpha value is -1.56. The van der Waals surface area contributed by atoms with Gasteiger partial charge in [0.1, 0.15) is 5.25 Å². The maximum Gasteiger partial charge on any atom is 0.238 e. The molecule has 3 N–H and O–H groups in total. The average molecular weight is 282 g/mol. The van der Waals surface area contributed by atoms with Gasteiger partial charge in [0, 0.05) is 11.7 Å². The van der Waals surface area contributed by atoms with Gasteiger partial charge in [-0.1, -0.05) is 6.07 Å². The molecule has 0 aromatic heterocycles. The maximum atomic E-state index is 12.4. The van der Waals surface area contributed by atoms with Gasteiger partial charge in [0.25, 0.3) is 0 Å². The lowest BCUT2D eigenvalue weighted by atomic mass is 10.2. The highest BCUT2D eigenvalue weighted by Crippen LogP contribution is 2.25. The summed E-state index contributed by atoms with van der Waals surface area (Å²) in [4.78, 5) is 12.0. The number of nitrogens with one attached hydrogen (secondary N) is 1. The minimum atomic E-state index is -3.70. The van der Waals surface area contributed by atoms with Crippen LogP contribution in [0.25, 0.3) is 0 Å². The Balaban J connectivity index is 2.30. The van der Waals surface area contributed by atoms with E-state index in [0.717, 1.165) is 12.8 Å². The van der Waals surface area contributed by atoms with Gasteiger partial charge < -0.3 is 11.1 Å².